The van der Waals surface area contributed by atoms with E-state index in [2.05, 4.69) is 0 Å². The van der Waals surface area contributed by atoms with Crippen LogP contribution in [0.2, 0.25) is 10.0 Å². The van der Waals surface area contributed by atoms with E-state index in [9.17, 15) is 5.11 Å². The number of rotatable bonds is 7. The smallest absolute Gasteiger partial charge is 0.155 e. The predicted molar refractivity (Wildman–Crippen MR) is 73.0 cm³/mol. The van der Waals surface area contributed by atoms with Crippen LogP contribution in [0.25, 0.3) is 0 Å². The summed E-state index contributed by atoms with van der Waals surface area (Å²) < 4.78 is 10.8. The minimum absolute atomic E-state index is 0.258. The van der Waals surface area contributed by atoms with E-state index in [1.807, 2.05) is 6.92 Å². The zero-order chi connectivity index (χ0) is 13.5. The first-order valence-corrected chi connectivity index (χ1v) is 6.64. The summed E-state index contributed by atoms with van der Waals surface area (Å²) in [6, 6.07) is 5.31. The summed E-state index contributed by atoms with van der Waals surface area (Å²) >= 11 is 12.0. The van der Waals surface area contributed by atoms with E-state index in [1.165, 1.54) is 0 Å². The van der Waals surface area contributed by atoms with Crippen LogP contribution in [0.3, 0.4) is 0 Å². The fraction of sp³-hybridized carbons (Fsp3) is 0.538. The molecule has 0 aromatic heterocycles. The van der Waals surface area contributed by atoms with E-state index in [4.69, 9.17) is 32.7 Å². The average Bonchev–Trinajstić information content (AvgIpc) is 2.35. The van der Waals surface area contributed by atoms with Crippen LogP contribution in [0, 0.1) is 0 Å². The maximum absolute atomic E-state index is 9.36. The highest BCUT2D eigenvalue weighted by molar-refractivity contribution is 6.35. The maximum Gasteiger partial charge on any atom is 0.155 e. The molecule has 0 saturated carbocycles. The Bertz CT molecular complexity index is 351. The lowest BCUT2D eigenvalue weighted by atomic mass is 10.2. The summed E-state index contributed by atoms with van der Waals surface area (Å²) in [6.07, 6.45) is -0.221. The van der Waals surface area contributed by atoms with Crippen molar-refractivity contribution >= 4 is 23.2 Å². The number of halogens is 2. The van der Waals surface area contributed by atoms with Crippen LogP contribution in [0.4, 0.5) is 0 Å². The number of aliphatic hydroxyl groups is 1. The molecule has 2 unspecified atom stereocenters. The Morgan fingerprint density at radius 2 is 1.83 bits per heavy atom. The van der Waals surface area contributed by atoms with Crippen LogP contribution in [0.5, 0.6) is 0 Å². The number of ether oxygens (including phenoxy) is 2. The highest BCUT2D eigenvalue weighted by atomic mass is 35.5. The Hall–Kier alpha value is -0.320. The standard InChI is InChI=1S/C13H18Cl2O3/c1-3-10(16)7-17-9(2)18-8-11-12(14)5-4-6-13(11)15/h4-6,9-10,16H,3,7-8H2,1-2H3. The lowest BCUT2D eigenvalue weighted by Gasteiger charge is -2.17. The van der Waals surface area contributed by atoms with Crippen LogP contribution >= 0.6 is 23.2 Å². The van der Waals surface area contributed by atoms with Crippen molar-refractivity contribution in [1.29, 1.82) is 0 Å². The fourth-order valence-corrected chi connectivity index (χ4v) is 1.79. The molecule has 0 heterocycles. The zero-order valence-electron chi connectivity index (χ0n) is 10.5. The Morgan fingerprint density at radius 1 is 1.22 bits per heavy atom. The molecule has 0 aliphatic heterocycles. The molecule has 0 amide bonds. The summed E-state index contributed by atoms with van der Waals surface area (Å²) in [5.74, 6) is 0. The van der Waals surface area contributed by atoms with Gasteiger partial charge in [-0.1, -0.05) is 36.2 Å². The van der Waals surface area contributed by atoms with Gasteiger partial charge in [-0.2, -0.15) is 0 Å². The third kappa shape index (κ3) is 5.12. The Balaban J connectivity index is 2.40. The molecule has 0 radical (unpaired) electrons. The molecule has 0 saturated heterocycles. The molecular weight excluding hydrogens is 275 g/mol. The van der Waals surface area contributed by atoms with Crippen molar-refractivity contribution in [3.05, 3.63) is 33.8 Å². The second-order valence-corrected chi connectivity index (χ2v) is 4.79. The second kappa shape index (κ2) is 7.97. The number of hydrogen-bond acceptors (Lipinski definition) is 3. The molecule has 3 nitrogen and oxygen atoms in total. The average molecular weight is 293 g/mol. The molecule has 1 aromatic carbocycles. The minimum Gasteiger partial charge on any atom is -0.391 e. The summed E-state index contributed by atoms with van der Waals surface area (Å²) in [6.45, 7) is 4.20. The molecule has 0 fully saturated rings. The van der Waals surface area contributed by atoms with E-state index in [1.54, 1.807) is 25.1 Å². The van der Waals surface area contributed by atoms with Gasteiger partial charge in [-0.3, -0.25) is 0 Å². The third-order valence-corrected chi connectivity index (χ3v) is 3.23. The molecule has 0 aliphatic carbocycles. The van der Waals surface area contributed by atoms with Gasteiger partial charge in [0.15, 0.2) is 6.29 Å². The molecule has 0 spiro atoms. The monoisotopic (exact) mass is 292 g/mol. The third-order valence-electron chi connectivity index (χ3n) is 2.52. The van der Waals surface area contributed by atoms with Crippen molar-refractivity contribution in [3.63, 3.8) is 0 Å². The summed E-state index contributed by atoms with van der Waals surface area (Å²) in [5.41, 5.74) is 0.743. The molecule has 0 aliphatic rings. The molecule has 1 rings (SSSR count). The Morgan fingerprint density at radius 3 is 2.39 bits per heavy atom. The van der Waals surface area contributed by atoms with Crippen LogP contribution in [0.1, 0.15) is 25.8 Å². The summed E-state index contributed by atoms with van der Waals surface area (Å²) in [4.78, 5) is 0. The quantitative estimate of drug-likeness (QED) is 0.780. The summed E-state index contributed by atoms with van der Waals surface area (Å²) in [5, 5.41) is 10.5. The van der Waals surface area contributed by atoms with Crippen molar-refractivity contribution < 1.29 is 14.6 Å². The van der Waals surface area contributed by atoms with Gasteiger partial charge in [0.25, 0.3) is 0 Å². The van der Waals surface area contributed by atoms with Crippen molar-refractivity contribution in [2.24, 2.45) is 0 Å². The molecule has 102 valence electrons. The van der Waals surface area contributed by atoms with Crippen molar-refractivity contribution in [1.82, 2.24) is 0 Å². The first-order valence-electron chi connectivity index (χ1n) is 5.88. The van der Waals surface area contributed by atoms with Crippen LogP contribution < -0.4 is 0 Å². The molecular formula is C13H18Cl2O3. The molecule has 1 aromatic rings. The SMILES string of the molecule is CCC(O)COC(C)OCc1c(Cl)cccc1Cl. The van der Waals surface area contributed by atoms with Gasteiger partial charge in [0.2, 0.25) is 0 Å². The summed E-state index contributed by atoms with van der Waals surface area (Å²) in [7, 11) is 0. The molecule has 1 N–H and O–H groups in total. The Labute approximate surface area is 118 Å². The highest BCUT2D eigenvalue weighted by Crippen LogP contribution is 2.25. The first kappa shape index (κ1) is 15.7. The fourth-order valence-electron chi connectivity index (χ4n) is 1.28. The maximum atomic E-state index is 9.36. The van der Waals surface area contributed by atoms with E-state index in [0.29, 0.717) is 16.5 Å². The van der Waals surface area contributed by atoms with Crippen LogP contribution in [0.15, 0.2) is 18.2 Å². The molecule has 0 bridgehead atoms. The second-order valence-electron chi connectivity index (χ2n) is 3.97. The van der Waals surface area contributed by atoms with Gasteiger partial charge < -0.3 is 14.6 Å². The first-order chi connectivity index (χ1) is 8.54. The van der Waals surface area contributed by atoms with Gasteiger partial charge in [0.05, 0.1) is 19.3 Å². The van der Waals surface area contributed by atoms with Crippen LogP contribution in [-0.2, 0) is 16.1 Å². The van der Waals surface area contributed by atoms with Gasteiger partial charge >= 0.3 is 0 Å². The molecule has 2 atom stereocenters. The minimum atomic E-state index is -0.458. The number of benzene rings is 1. The van der Waals surface area contributed by atoms with Crippen LogP contribution in [-0.4, -0.2) is 24.1 Å². The molecule has 5 heteroatoms. The van der Waals surface area contributed by atoms with E-state index >= 15 is 0 Å². The van der Waals surface area contributed by atoms with E-state index in [-0.39, 0.29) is 13.2 Å². The van der Waals surface area contributed by atoms with Crippen molar-refractivity contribution in [3.8, 4) is 0 Å². The Kier molecular flexibility index (Phi) is 6.97. The topological polar surface area (TPSA) is 38.7 Å². The number of aliphatic hydroxyl groups excluding tert-OH is 1. The lowest BCUT2D eigenvalue weighted by Crippen LogP contribution is -2.21. The van der Waals surface area contributed by atoms with Gasteiger partial charge in [0.1, 0.15) is 0 Å². The van der Waals surface area contributed by atoms with Gasteiger partial charge in [-0.15, -0.1) is 0 Å². The molecule has 18 heavy (non-hydrogen) atoms. The number of hydrogen-bond donors (Lipinski definition) is 1. The van der Waals surface area contributed by atoms with E-state index in [0.717, 1.165) is 5.56 Å². The zero-order valence-corrected chi connectivity index (χ0v) is 12.0. The predicted octanol–water partition coefficient (Wildman–Crippen LogP) is 3.64. The van der Waals surface area contributed by atoms with E-state index < -0.39 is 12.4 Å². The van der Waals surface area contributed by atoms with Gasteiger partial charge in [0, 0.05) is 15.6 Å². The van der Waals surface area contributed by atoms with Crippen molar-refractivity contribution in [2.75, 3.05) is 6.61 Å². The van der Waals surface area contributed by atoms with Gasteiger partial charge in [-0.05, 0) is 25.5 Å². The lowest BCUT2D eigenvalue weighted by molar-refractivity contribution is -0.153. The van der Waals surface area contributed by atoms with Crippen molar-refractivity contribution in [2.45, 2.75) is 39.3 Å². The highest BCUT2D eigenvalue weighted by Gasteiger charge is 2.10. The largest absolute Gasteiger partial charge is 0.391 e. The van der Waals surface area contributed by atoms with Gasteiger partial charge in [-0.25, -0.2) is 0 Å². The normalized spacial score (nSPS) is 14.5.